The van der Waals surface area contributed by atoms with Crippen LogP contribution in [0.5, 0.6) is 5.75 Å². The fraction of sp³-hybridized carbons (Fsp3) is 0.545. The van der Waals surface area contributed by atoms with Crippen LogP contribution in [0, 0.1) is 0 Å². The van der Waals surface area contributed by atoms with E-state index in [0.717, 1.165) is 42.6 Å². The van der Waals surface area contributed by atoms with Crippen molar-refractivity contribution in [1.82, 2.24) is 20.9 Å². The van der Waals surface area contributed by atoms with Crippen molar-refractivity contribution in [2.24, 2.45) is 0 Å². The summed E-state index contributed by atoms with van der Waals surface area (Å²) in [6, 6.07) is 10.5. The van der Waals surface area contributed by atoms with Gasteiger partial charge in [-0.15, -0.1) is 0 Å². The van der Waals surface area contributed by atoms with E-state index in [0.29, 0.717) is 31.0 Å². The summed E-state index contributed by atoms with van der Waals surface area (Å²) in [6.45, 7) is 5.88. The Balaban J connectivity index is 1.66. The Morgan fingerprint density at radius 2 is 1.72 bits per heavy atom. The van der Waals surface area contributed by atoms with Crippen LogP contribution in [0.25, 0.3) is 0 Å². The number of fused-ring (bicyclic) bond motifs is 1. The second kappa shape index (κ2) is 14.6. The summed E-state index contributed by atoms with van der Waals surface area (Å²) in [5.41, 5.74) is 1.50. The molecule has 4 atom stereocenters. The van der Waals surface area contributed by atoms with Crippen molar-refractivity contribution in [2.75, 3.05) is 20.1 Å². The zero-order valence-electron chi connectivity index (χ0n) is 25.6. The molecule has 2 aromatic rings. The van der Waals surface area contributed by atoms with Gasteiger partial charge in [-0.2, -0.15) is 0 Å². The van der Waals surface area contributed by atoms with Gasteiger partial charge in [0.1, 0.15) is 23.9 Å². The number of nitrogens with zero attached hydrogens (tertiary/aromatic N) is 1. The lowest BCUT2D eigenvalue weighted by atomic mass is 9.94. The molecule has 2 heterocycles. The number of ether oxygens (including phenoxy) is 1. The summed E-state index contributed by atoms with van der Waals surface area (Å²) in [5.74, 6) is -0.352. The first kappa shape index (κ1) is 32.8. The van der Waals surface area contributed by atoms with Gasteiger partial charge in [0, 0.05) is 31.6 Å². The minimum atomic E-state index is -1.58. The Bertz CT molecular complexity index is 1280. The molecule has 0 aliphatic carbocycles. The largest absolute Gasteiger partial charge is 0.489 e. The second-order valence-electron chi connectivity index (χ2n) is 12.2. The smallest absolute Gasteiger partial charge is 0.246 e. The minimum absolute atomic E-state index is 0.105. The van der Waals surface area contributed by atoms with Crippen molar-refractivity contribution in [3.63, 3.8) is 0 Å². The van der Waals surface area contributed by atoms with Crippen molar-refractivity contribution < 1.29 is 24.2 Å². The zero-order valence-corrected chi connectivity index (χ0v) is 26.4. The fourth-order valence-corrected chi connectivity index (χ4v) is 6.14. The molecular formula is C33H45ClN4O5. The lowest BCUT2D eigenvalue weighted by Gasteiger charge is -2.38. The zero-order chi connectivity index (χ0) is 31.1. The maximum absolute atomic E-state index is 13.8. The van der Waals surface area contributed by atoms with E-state index in [1.54, 1.807) is 12.1 Å². The highest BCUT2D eigenvalue weighted by atomic mass is 35.5. The van der Waals surface area contributed by atoms with Gasteiger partial charge >= 0.3 is 0 Å². The van der Waals surface area contributed by atoms with Gasteiger partial charge in [0.2, 0.25) is 17.7 Å². The number of aliphatic hydroxyl groups is 1. The molecule has 43 heavy (non-hydrogen) atoms. The van der Waals surface area contributed by atoms with Crippen LogP contribution in [0.2, 0.25) is 5.02 Å². The highest BCUT2D eigenvalue weighted by molar-refractivity contribution is 6.30. The van der Waals surface area contributed by atoms with Crippen LogP contribution >= 0.6 is 11.6 Å². The van der Waals surface area contributed by atoms with Crippen LogP contribution in [-0.2, 0) is 33.6 Å². The van der Waals surface area contributed by atoms with Crippen LogP contribution in [-0.4, -0.2) is 77.7 Å². The molecule has 4 rings (SSSR count). The first-order chi connectivity index (χ1) is 20.5. The maximum atomic E-state index is 13.8. The second-order valence-corrected chi connectivity index (χ2v) is 12.7. The van der Waals surface area contributed by atoms with Crippen LogP contribution in [0.1, 0.15) is 63.1 Å². The van der Waals surface area contributed by atoms with Crippen molar-refractivity contribution in [1.29, 1.82) is 0 Å². The number of nitrogens with one attached hydrogen (secondary N) is 3. The lowest BCUT2D eigenvalue weighted by molar-refractivity contribution is -0.150. The third kappa shape index (κ3) is 8.49. The number of hydrogen-bond acceptors (Lipinski definition) is 6. The molecule has 0 radical (unpaired) electrons. The van der Waals surface area contributed by atoms with Gasteiger partial charge in [-0.25, -0.2) is 0 Å². The summed E-state index contributed by atoms with van der Waals surface area (Å²) >= 11 is 6.07. The van der Waals surface area contributed by atoms with Crippen LogP contribution in [0.3, 0.4) is 0 Å². The van der Waals surface area contributed by atoms with Crippen LogP contribution in [0.15, 0.2) is 42.5 Å². The van der Waals surface area contributed by atoms with E-state index in [1.165, 1.54) is 31.4 Å². The molecule has 0 saturated heterocycles. The third-order valence-electron chi connectivity index (χ3n) is 8.23. The summed E-state index contributed by atoms with van der Waals surface area (Å²) < 4.78 is 6.46. The topological polar surface area (TPSA) is 120 Å². The normalized spacial score (nSPS) is 24.3. The number of likely N-dealkylation sites (N-methyl/N-ethyl adjacent to an activating group) is 1. The van der Waals surface area contributed by atoms with Crippen molar-refractivity contribution in [3.05, 3.63) is 64.2 Å². The number of carbonyl (C=O) groups excluding carboxylic acids is 3. The Kier molecular flexibility index (Phi) is 11.1. The summed E-state index contributed by atoms with van der Waals surface area (Å²) in [7, 11) is 1.53. The fourth-order valence-electron chi connectivity index (χ4n) is 6.02. The van der Waals surface area contributed by atoms with Gasteiger partial charge < -0.3 is 30.7 Å². The molecule has 2 aliphatic rings. The summed E-state index contributed by atoms with van der Waals surface area (Å²) in [5, 5.41) is 20.9. The highest BCUT2D eigenvalue weighted by Gasteiger charge is 2.42. The average molecular weight is 613 g/mol. The third-order valence-corrected chi connectivity index (χ3v) is 8.48. The van der Waals surface area contributed by atoms with Crippen LogP contribution < -0.4 is 20.7 Å². The Labute approximate surface area is 259 Å². The number of aryl methyl sites for hydroxylation is 2. The predicted molar refractivity (Wildman–Crippen MR) is 167 cm³/mol. The quantitative estimate of drug-likeness (QED) is 0.412. The molecule has 2 aliphatic heterocycles. The van der Waals surface area contributed by atoms with Gasteiger partial charge in [-0.3, -0.25) is 14.4 Å². The predicted octanol–water partition coefficient (Wildman–Crippen LogP) is 3.18. The molecule has 0 saturated carbocycles. The molecule has 4 N–H and O–H groups in total. The standard InChI is InChI=1S/C33H45ClN4O5/c1-5-8-26-32(41)38(4)29(33(2,3)42)31(40)37-27(19-21-12-15-24(34)16-13-21)30(39)35-18-7-11-22-9-6-10-23-14-17-25(20-36-26)43-28(22)23/h6,9-10,12-13,15-16,25-27,29,36,42H,5,7-8,11,14,17-20H2,1-4H3,(H,35,39)(H,37,40)/t25?,26?,27-,29-/m1/s1. The molecule has 9 nitrogen and oxygen atoms in total. The number of para-hydroxylation sites is 1. The average Bonchev–Trinajstić information content (AvgIpc) is 2.96. The molecule has 3 amide bonds. The van der Waals surface area contributed by atoms with E-state index in [1.807, 2.05) is 25.1 Å². The van der Waals surface area contributed by atoms with E-state index >= 15 is 0 Å². The van der Waals surface area contributed by atoms with Gasteiger partial charge in [-0.1, -0.05) is 55.3 Å². The molecule has 2 bridgehead atoms. The van der Waals surface area contributed by atoms with E-state index in [9.17, 15) is 19.5 Å². The van der Waals surface area contributed by atoms with Crippen LogP contribution in [0.4, 0.5) is 0 Å². The van der Waals surface area contributed by atoms with E-state index < -0.39 is 29.6 Å². The van der Waals surface area contributed by atoms with Gasteiger partial charge in [0.05, 0.1) is 11.6 Å². The van der Waals surface area contributed by atoms with Gasteiger partial charge in [0.15, 0.2) is 0 Å². The van der Waals surface area contributed by atoms with Crippen molar-refractivity contribution in [3.8, 4) is 5.75 Å². The van der Waals surface area contributed by atoms with Gasteiger partial charge in [-0.05, 0) is 74.8 Å². The Morgan fingerprint density at radius 1 is 1.02 bits per heavy atom. The number of hydrogen-bond donors (Lipinski definition) is 4. The van der Waals surface area contributed by atoms with E-state index in [2.05, 4.69) is 28.1 Å². The molecular weight excluding hydrogens is 568 g/mol. The number of benzene rings is 2. The Morgan fingerprint density at radius 3 is 2.40 bits per heavy atom. The summed E-state index contributed by atoms with van der Waals surface area (Å²) in [6.07, 6.45) is 4.53. The van der Waals surface area contributed by atoms with Crippen molar-refractivity contribution >= 4 is 29.3 Å². The maximum Gasteiger partial charge on any atom is 0.246 e. The SMILES string of the molecule is CCCC1NCC2CCc3cccc(c3O2)CCCNC(=O)[C@@H](Cc2ccc(Cl)cc2)NC(=O)[C@H](C(C)(C)O)N(C)C1=O. The Hall–Kier alpha value is -3.14. The van der Waals surface area contributed by atoms with E-state index in [4.69, 9.17) is 16.3 Å². The van der Waals surface area contributed by atoms with E-state index in [-0.39, 0.29) is 24.3 Å². The monoisotopic (exact) mass is 612 g/mol. The highest BCUT2D eigenvalue weighted by Crippen LogP contribution is 2.32. The molecule has 2 aromatic carbocycles. The van der Waals surface area contributed by atoms with Gasteiger partial charge in [0.25, 0.3) is 0 Å². The molecule has 0 fully saturated rings. The first-order valence-corrected chi connectivity index (χ1v) is 15.7. The molecule has 234 valence electrons. The number of carbonyl (C=O) groups is 3. The number of amides is 3. The number of halogens is 1. The van der Waals surface area contributed by atoms with Crippen molar-refractivity contribution in [2.45, 2.75) is 95.5 Å². The first-order valence-electron chi connectivity index (χ1n) is 15.3. The molecule has 10 heteroatoms. The number of rotatable bonds is 5. The summed E-state index contributed by atoms with van der Waals surface area (Å²) in [4.78, 5) is 42.4. The molecule has 2 unspecified atom stereocenters. The molecule has 0 spiro atoms. The minimum Gasteiger partial charge on any atom is -0.489 e. The lowest BCUT2D eigenvalue weighted by Crippen LogP contribution is -2.63. The molecule has 0 aromatic heterocycles.